The van der Waals surface area contributed by atoms with Crippen LogP contribution in [0.5, 0.6) is 0 Å². The van der Waals surface area contributed by atoms with Crippen LogP contribution < -0.4 is 10.6 Å². The standard InChI is InChI=1S/C20H16ClN5/c1-13-11-18(24-16-8-3-7-15(21)12-16)26-20(23-13)25-17-9-2-5-14-6-4-10-22-19(14)17/h2-12H,1H3,(H2,23,24,25,26). The molecule has 0 radical (unpaired) electrons. The van der Waals surface area contributed by atoms with Crippen molar-refractivity contribution in [2.45, 2.75) is 6.92 Å². The second-order valence-electron chi connectivity index (χ2n) is 5.86. The Kier molecular flexibility index (Phi) is 4.37. The molecular weight excluding hydrogens is 346 g/mol. The fraction of sp³-hybridized carbons (Fsp3) is 0.0500. The summed E-state index contributed by atoms with van der Waals surface area (Å²) in [5.41, 5.74) is 3.46. The third-order valence-electron chi connectivity index (χ3n) is 3.83. The number of benzene rings is 2. The highest BCUT2D eigenvalue weighted by atomic mass is 35.5. The number of halogens is 1. The van der Waals surface area contributed by atoms with Crippen molar-refractivity contribution in [2.24, 2.45) is 0 Å². The number of hydrogen-bond acceptors (Lipinski definition) is 5. The minimum absolute atomic E-state index is 0.507. The zero-order valence-corrected chi connectivity index (χ0v) is 14.8. The molecule has 0 spiro atoms. The largest absolute Gasteiger partial charge is 0.340 e. The van der Waals surface area contributed by atoms with E-state index in [-0.39, 0.29) is 0 Å². The Bertz CT molecular complexity index is 1080. The first-order chi connectivity index (χ1) is 12.7. The second kappa shape index (κ2) is 6.98. The number of nitrogens with zero attached hydrogens (tertiary/aromatic N) is 3. The summed E-state index contributed by atoms with van der Waals surface area (Å²) in [6.45, 7) is 1.93. The third-order valence-corrected chi connectivity index (χ3v) is 4.07. The lowest BCUT2D eigenvalue weighted by atomic mass is 10.2. The molecule has 0 atom stereocenters. The van der Waals surface area contributed by atoms with E-state index in [2.05, 4.69) is 25.6 Å². The van der Waals surface area contributed by atoms with Crippen molar-refractivity contribution in [3.8, 4) is 0 Å². The van der Waals surface area contributed by atoms with E-state index in [0.29, 0.717) is 16.8 Å². The zero-order chi connectivity index (χ0) is 17.9. The number of anilines is 4. The maximum absolute atomic E-state index is 6.04. The van der Waals surface area contributed by atoms with Gasteiger partial charge in [0.05, 0.1) is 11.2 Å². The Morgan fingerprint density at radius 3 is 2.62 bits per heavy atom. The van der Waals surface area contributed by atoms with Gasteiger partial charge in [-0.1, -0.05) is 35.9 Å². The monoisotopic (exact) mass is 361 g/mol. The van der Waals surface area contributed by atoms with Gasteiger partial charge < -0.3 is 10.6 Å². The van der Waals surface area contributed by atoms with Crippen molar-refractivity contribution >= 4 is 45.6 Å². The summed E-state index contributed by atoms with van der Waals surface area (Å²) in [6.07, 6.45) is 1.77. The first-order valence-corrected chi connectivity index (χ1v) is 8.54. The van der Waals surface area contributed by atoms with E-state index < -0.39 is 0 Å². The number of nitrogens with one attached hydrogen (secondary N) is 2. The van der Waals surface area contributed by atoms with E-state index in [9.17, 15) is 0 Å². The number of aromatic nitrogens is 3. The lowest BCUT2D eigenvalue weighted by Crippen LogP contribution is -2.03. The Labute approximate surface area is 156 Å². The molecule has 4 rings (SSSR count). The average Bonchev–Trinajstić information content (AvgIpc) is 2.61. The van der Waals surface area contributed by atoms with E-state index in [4.69, 9.17) is 11.6 Å². The number of fused-ring (bicyclic) bond motifs is 1. The van der Waals surface area contributed by atoms with Gasteiger partial charge in [-0.3, -0.25) is 4.98 Å². The molecule has 5 nitrogen and oxygen atoms in total. The molecular formula is C20H16ClN5. The van der Waals surface area contributed by atoms with Crippen LogP contribution in [0.3, 0.4) is 0 Å². The van der Waals surface area contributed by atoms with Crippen molar-refractivity contribution in [1.29, 1.82) is 0 Å². The number of hydrogen-bond donors (Lipinski definition) is 2. The molecule has 128 valence electrons. The van der Waals surface area contributed by atoms with E-state index in [0.717, 1.165) is 28.0 Å². The average molecular weight is 362 g/mol. The SMILES string of the molecule is Cc1cc(Nc2cccc(Cl)c2)nc(Nc2cccc3cccnc23)n1. The van der Waals surface area contributed by atoms with Crippen LogP contribution in [0, 0.1) is 6.92 Å². The van der Waals surface area contributed by atoms with E-state index in [1.54, 1.807) is 6.20 Å². The number of rotatable bonds is 4. The van der Waals surface area contributed by atoms with E-state index >= 15 is 0 Å². The molecule has 6 heteroatoms. The Morgan fingerprint density at radius 1 is 0.885 bits per heavy atom. The van der Waals surface area contributed by atoms with Crippen LogP contribution >= 0.6 is 11.6 Å². The molecule has 0 aliphatic carbocycles. The molecule has 26 heavy (non-hydrogen) atoms. The van der Waals surface area contributed by atoms with Gasteiger partial charge in [0.25, 0.3) is 0 Å². The van der Waals surface area contributed by atoms with Crippen LogP contribution in [0.1, 0.15) is 5.69 Å². The van der Waals surface area contributed by atoms with Crippen molar-refractivity contribution in [1.82, 2.24) is 15.0 Å². The molecule has 0 saturated carbocycles. The molecule has 4 aromatic rings. The fourth-order valence-corrected chi connectivity index (χ4v) is 2.92. The predicted octanol–water partition coefficient (Wildman–Crippen LogP) is 5.47. The maximum atomic E-state index is 6.04. The van der Waals surface area contributed by atoms with Gasteiger partial charge in [0.2, 0.25) is 5.95 Å². The van der Waals surface area contributed by atoms with Gasteiger partial charge in [0.15, 0.2) is 0 Å². The van der Waals surface area contributed by atoms with Crippen molar-refractivity contribution in [2.75, 3.05) is 10.6 Å². The predicted molar refractivity (Wildman–Crippen MR) is 107 cm³/mol. The van der Waals surface area contributed by atoms with Crippen LogP contribution in [-0.4, -0.2) is 15.0 Å². The Balaban J connectivity index is 1.66. The van der Waals surface area contributed by atoms with Gasteiger partial charge in [-0.2, -0.15) is 4.98 Å². The Morgan fingerprint density at radius 2 is 1.73 bits per heavy atom. The molecule has 0 amide bonds. The highest BCUT2D eigenvalue weighted by Crippen LogP contribution is 2.25. The van der Waals surface area contributed by atoms with Gasteiger partial charge in [0, 0.05) is 34.1 Å². The molecule has 2 aromatic carbocycles. The van der Waals surface area contributed by atoms with Gasteiger partial charge in [0.1, 0.15) is 5.82 Å². The van der Waals surface area contributed by atoms with Crippen LogP contribution in [0.4, 0.5) is 23.1 Å². The minimum Gasteiger partial charge on any atom is -0.340 e. The summed E-state index contributed by atoms with van der Waals surface area (Å²) in [5, 5.41) is 8.26. The van der Waals surface area contributed by atoms with Crippen LogP contribution in [-0.2, 0) is 0 Å². The second-order valence-corrected chi connectivity index (χ2v) is 6.30. The first-order valence-electron chi connectivity index (χ1n) is 8.16. The third kappa shape index (κ3) is 3.58. The summed E-state index contributed by atoms with van der Waals surface area (Å²) in [7, 11) is 0. The molecule has 0 aliphatic rings. The minimum atomic E-state index is 0.507. The van der Waals surface area contributed by atoms with Gasteiger partial charge in [-0.25, -0.2) is 4.98 Å². The van der Waals surface area contributed by atoms with Crippen molar-refractivity contribution in [3.63, 3.8) is 0 Å². The normalized spacial score (nSPS) is 10.7. The van der Waals surface area contributed by atoms with Gasteiger partial charge in [-0.05, 0) is 37.3 Å². The summed E-state index contributed by atoms with van der Waals surface area (Å²) < 4.78 is 0. The van der Waals surface area contributed by atoms with Crippen LogP contribution in [0.15, 0.2) is 66.9 Å². The molecule has 2 N–H and O–H groups in total. The highest BCUT2D eigenvalue weighted by Gasteiger charge is 2.07. The molecule has 0 unspecified atom stereocenters. The molecule has 2 aromatic heterocycles. The summed E-state index contributed by atoms with van der Waals surface area (Å²) in [5.74, 6) is 1.20. The molecule has 2 heterocycles. The highest BCUT2D eigenvalue weighted by molar-refractivity contribution is 6.30. The number of aryl methyl sites for hydroxylation is 1. The molecule has 0 aliphatic heterocycles. The van der Waals surface area contributed by atoms with E-state index in [1.807, 2.05) is 67.6 Å². The van der Waals surface area contributed by atoms with Crippen molar-refractivity contribution in [3.05, 3.63) is 77.6 Å². The topological polar surface area (TPSA) is 62.7 Å². The summed E-state index contributed by atoms with van der Waals surface area (Å²) in [6, 6.07) is 19.3. The maximum Gasteiger partial charge on any atom is 0.229 e. The first kappa shape index (κ1) is 16.3. The molecule has 0 saturated heterocycles. The Hall–Kier alpha value is -3.18. The quantitative estimate of drug-likeness (QED) is 0.504. The van der Waals surface area contributed by atoms with Crippen molar-refractivity contribution < 1.29 is 0 Å². The fourth-order valence-electron chi connectivity index (χ4n) is 2.73. The zero-order valence-electron chi connectivity index (χ0n) is 14.1. The smallest absolute Gasteiger partial charge is 0.229 e. The van der Waals surface area contributed by atoms with Crippen LogP contribution in [0.2, 0.25) is 5.02 Å². The molecule has 0 fully saturated rings. The molecule has 0 bridgehead atoms. The lowest BCUT2D eigenvalue weighted by Gasteiger charge is -2.11. The van der Waals surface area contributed by atoms with Crippen LogP contribution in [0.25, 0.3) is 10.9 Å². The number of para-hydroxylation sites is 1. The number of pyridine rings is 1. The lowest BCUT2D eigenvalue weighted by molar-refractivity contribution is 1.11. The van der Waals surface area contributed by atoms with Gasteiger partial charge in [-0.15, -0.1) is 0 Å². The summed E-state index contributed by atoms with van der Waals surface area (Å²) in [4.78, 5) is 13.5. The van der Waals surface area contributed by atoms with E-state index in [1.165, 1.54) is 0 Å². The summed E-state index contributed by atoms with van der Waals surface area (Å²) >= 11 is 6.04. The van der Waals surface area contributed by atoms with Gasteiger partial charge >= 0.3 is 0 Å².